The first-order valence-electron chi connectivity index (χ1n) is 6.25. The highest BCUT2D eigenvalue weighted by Crippen LogP contribution is 2.37. The minimum Gasteiger partial charge on any atom is -0.474 e. The first-order valence-corrected chi connectivity index (χ1v) is 6.25. The molecule has 0 radical (unpaired) electrons. The first kappa shape index (κ1) is 11.8. The Hall–Kier alpha value is -2.28. The number of aryl methyl sites for hydroxylation is 1. The Morgan fingerprint density at radius 2 is 2.32 bits per heavy atom. The van der Waals surface area contributed by atoms with E-state index in [2.05, 4.69) is 28.4 Å². The maximum atomic E-state index is 5.82. The van der Waals surface area contributed by atoms with E-state index in [0.29, 0.717) is 0 Å². The molecule has 1 saturated heterocycles. The van der Waals surface area contributed by atoms with Crippen LogP contribution in [-0.4, -0.2) is 14.5 Å². The summed E-state index contributed by atoms with van der Waals surface area (Å²) in [7, 11) is 0. The summed E-state index contributed by atoms with van der Waals surface area (Å²) in [6.45, 7) is 7.73. The van der Waals surface area contributed by atoms with E-state index in [-0.39, 0.29) is 12.1 Å². The molecule has 0 amide bonds. The van der Waals surface area contributed by atoms with Crippen LogP contribution < -0.4 is 0 Å². The summed E-state index contributed by atoms with van der Waals surface area (Å²) in [6.07, 6.45) is 4.19. The molecule has 19 heavy (non-hydrogen) atoms. The molecule has 0 N–H and O–H groups in total. The van der Waals surface area contributed by atoms with Crippen molar-refractivity contribution in [3.05, 3.63) is 36.6 Å². The zero-order valence-electron chi connectivity index (χ0n) is 11.1. The van der Waals surface area contributed by atoms with E-state index in [1.807, 2.05) is 30.7 Å². The van der Waals surface area contributed by atoms with Crippen molar-refractivity contribution in [1.82, 2.24) is 14.5 Å². The van der Waals surface area contributed by atoms with Gasteiger partial charge in [-0.25, -0.2) is 9.97 Å². The molecule has 0 bridgehead atoms. The normalized spacial score (nSPS) is 22.1. The maximum Gasteiger partial charge on any atom is 0.190 e. The van der Waals surface area contributed by atoms with Crippen molar-refractivity contribution in [2.24, 2.45) is 5.92 Å². The van der Waals surface area contributed by atoms with Crippen LogP contribution in [0.1, 0.15) is 25.3 Å². The lowest BCUT2D eigenvalue weighted by molar-refractivity contribution is 0.0850. The van der Waals surface area contributed by atoms with Crippen LogP contribution in [-0.2, 0) is 4.74 Å². The molecule has 1 aliphatic heterocycles. The fourth-order valence-corrected chi connectivity index (χ4v) is 2.51. The van der Waals surface area contributed by atoms with E-state index in [0.717, 1.165) is 28.9 Å². The Morgan fingerprint density at radius 1 is 1.47 bits per heavy atom. The molecule has 0 unspecified atom stereocenters. The predicted octanol–water partition coefficient (Wildman–Crippen LogP) is 2.81. The minimum absolute atomic E-state index is 0.128. The highest BCUT2D eigenvalue weighted by molar-refractivity contribution is 5.78. The average molecular weight is 253 g/mol. The van der Waals surface area contributed by atoms with Crippen molar-refractivity contribution < 1.29 is 4.74 Å². The fourth-order valence-electron chi connectivity index (χ4n) is 2.51. The van der Waals surface area contributed by atoms with Gasteiger partial charge in [-0.2, -0.15) is 0 Å². The Bertz CT molecular complexity index is 705. The Labute approximate surface area is 112 Å². The van der Waals surface area contributed by atoms with Crippen LogP contribution in [0.25, 0.3) is 11.0 Å². The molecule has 4 nitrogen and oxygen atoms in total. The van der Waals surface area contributed by atoms with Gasteiger partial charge in [0.05, 0.1) is 17.4 Å². The van der Waals surface area contributed by atoms with Gasteiger partial charge in [0, 0.05) is 18.0 Å². The second-order valence-electron chi connectivity index (χ2n) is 4.67. The Balaban J connectivity index is 2.10. The van der Waals surface area contributed by atoms with Crippen LogP contribution in [0.4, 0.5) is 0 Å². The van der Waals surface area contributed by atoms with Crippen LogP contribution in [0.5, 0.6) is 0 Å². The molecule has 96 valence electrons. The molecule has 0 spiro atoms. The fraction of sp³-hybridized carbons (Fsp3) is 0.333. The molecular formula is C15H15N3O. The van der Waals surface area contributed by atoms with Gasteiger partial charge in [-0.3, -0.25) is 4.57 Å². The highest BCUT2D eigenvalue weighted by atomic mass is 16.5. The van der Waals surface area contributed by atoms with E-state index in [9.17, 15) is 0 Å². The van der Waals surface area contributed by atoms with Crippen LogP contribution in [0.2, 0.25) is 0 Å². The van der Waals surface area contributed by atoms with Gasteiger partial charge in [-0.15, -0.1) is 5.92 Å². The molecule has 4 heteroatoms. The van der Waals surface area contributed by atoms with Gasteiger partial charge >= 0.3 is 0 Å². The third kappa shape index (κ3) is 1.88. The van der Waals surface area contributed by atoms with Crippen LogP contribution in [0, 0.1) is 24.7 Å². The summed E-state index contributed by atoms with van der Waals surface area (Å²) in [5.41, 5.74) is 1.86. The second kappa shape index (κ2) is 4.43. The summed E-state index contributed by atoms with van der Waals surface area (Å²) >= 11 is 0. The smallest absolute Gasteiger partial charge is 0.190 e. The number of allylic oxidation sites excluding steroid dienone is 1. The van der Waals surface area contributed by atoms with E-state index in [1.165, 1.54) is 0 Å². The Morgan fingerprint density at radius 3 is 3.11 bits per heavy atom. The van der Waals surface area contributed by atoms with Gasteiger partial charge in [0.1, 0.15) is 12.0 Å². The van der Waals surface area contributed by atoms with Crippen LogP contribution in [0.15, 0.2) is 30.9 Å². The molecule has 3 heterocycles. The second-order valence-corrected chi connectivity index (χ2v) is 4.67. The zero-order valence-corrected chi connectivity index (χ0v) is 11.1. The lowest BCUT2D eigenvalue weighted by Gasteiger charge is -2.17. The minimum atomic E-state index is -0.147. The molecule has 2 atom stereocenters. The molecule has 0 aromatic carbocycles. The van der Waals surface area contributed by atoms with E-state index in [4.69, 9.17) is 4.74 Å². The molecule has 0 saturated carbocycles. The predicted molar refractivity (Wildman–Crippen MR) is 73.1 cm³/mol. The summed E-state index contributed by atoms with van der Waals surface area (Å²) < 4.78 is 7.85. The Kier molecular flexibility index (Phi) is 2.75. The quantitative estimate of drug-likeness (QED) is 0.734. The van der Waals surface area contributed by atoms with Crippen LogP contribution >= 0.6 is 0 Å². The van der Waals surface area contributed by atoms with Gasteiger partial charge < -0.3 is 4.74 Å². The summed E-state index contributed by atoms with van der Waals surface area (Å²) in [4.78, 5) is 8.57. The lowest BCUT2D eigenvalue weighted by atomic mass is 10.1. The summed E-state index contributed by atoms with van der Waals surface area (Å²) in [5, 5.41) is 1.05. The van der Waals surface area contributed by atoms with Crippen molar-refractivity contribution in [1.29, 1.82) is 0 Å². The van der Waals surface area contributed by atoms with Gasteiger partial charge in [0.2, 0.25) is 0 Å². The summed E-state index contributed by atoms with van der Waals surface area (Å²) in [5.74, 6) is 7.07. The van der Waals surface area contributed by atoms with E-state index >= 15 is 0 Å². The molecule has 1 fully saturated rings. The van der Waals surface area contributed by atoms with Gasteiger partial charge in [-0.1, -0.05) is 12.5 Å². The number of hydrogen-bond donors (Lipinski definition) is 0. The monoisotopic (exact) mass is 253 g/mol. The molecule has 3 rings (SSSR count). The number of nitrogens with zero attached hydrogens (tertiary/aromatic N) is 3. The zero-order chi connectivity index (χ0) is 13.4. The van der Waals surface area contributed by atoms with Gasteiger partial charge in [0.25, 0.3) is 0 Å². The first-order chi connectivity index (χ1) is 9.20. The average Bonchev–Trinajstić information content (AvgIpc) is 2.94. The van der Waals surface area contributed by atoms with Crippen molar-refractivity contribution in [3.63, 3.8) is 0 Å². The lowest BCUT2D eigenvalue weighted by Crippen LogP contribution is -2.14. The van der Waals surface area contributed by atoms with Crippen molar-refractivity contribution in [2.45, 2.75) is 26.5 Å². The van der Waals surface area contributed by atoms with Crippen molar-refractivity contribution in [3.8, 4) is 11.8 Å². The molecule has 2 aromatic rings. The third-order valence-corrected chi connectivity index (χ3v) is 3.39. The maximum absolute atomic E-state index is 5.82. The van der Waals surface area contributed by atoms with Gasteiger partial charge in [0.15, 0.2) is 6.23 Å². The highest BCUT2D eigenvalue weighted by Gasteiger charge is 2.32. The van der Waals surface area contributed by atoms with E-state index in [1.54, 1.807) is 6.33 Å². The number of hydrogen-bond acceptors (Lipinski definition) is 3. The topological polar surface area (TPSA) is 39.9 Å². The molecule has 1 aliphatic rings. The third-order valence-electron chi connectivity index (χ3n) is 3.39. The summed E-state index contributed by atoms with van der Waals surface area (Å²) in [6, 6.07) is 2.02. The largest absolute Gasteiger partial charge is 0.474 e. The number of ether oxygens (including phenoxy) is 1. The standard InChI is InChI=1S/C15H15N3O/c1-4-5-12-8-10(2)19-15(12)18-7-6-13-11(3)16-9-17-14(13)18/h6-7,9,12,15H,2,8H2,1,3H3/t12-,15+/m0/s1. The van der Waals surface area contributed by atoms with Gasteiger partial charge in [-0.05, 0) is 19.9 Å². The molecule has 0 aliphatic carbocycles. The number of fused-ring (bicyclic) bond motifs is 1. The molecular weight excluding hydrogens is 238 g/mol. The van der Waals surface area contributed by atoms with Crippen molar-refractivity contribution >= 4 is 11.0 Å². The van der Waals surface area contributed by atoms with E-state index < -0.39 is 0 Å². The SMILES string of the molecule is C=C1C[C@H](C#CC)[C@H](n2ccc3c(C)ncnc32)O1. The number of rotatable bonds is 1. The number of aromatic nitrogens is 3. The van der Waals surface area contributed by atoms with Crippen LogP contribution in [0.3, 0.4) is 0 Å². The van der Waals surface area contributed by atoms with Crippen molar-refractivity contribution in [2.75, 3.05) is 0 Å². The molecule has 2 aromatic heterocycles.